The molecular formula is C21H18N2O2S. The molecule has 1 amide bonds. The number of hydrogen-bond donors (Lipinski definition) is 2. The largest absolute Gasteiger partial charge is 0.497 e. The summed E-state index contributed by atoms with van der Waals surface area (Å²) in [5.41, 5.74) is 3.34. The Morgan fingerprint density at radius 3 is 2.19 bits per heavy atom. The van der Waals surface area contributed by atoms with Gasteiger partial charge in [-0.2, -0.15) is 0 Å². The summed E-state index contributed by atoms with van der Waals surface area (Å²) in [4.78, 5) is 12.2. The fraction of sp³-hybridized carbons (Fsp3) is 0.0476. The number of thiocarbonyl (C=S) groups is 1. The topological polar surface area (TPSA) is 50.4 Å². The number of nitrogens with one attached hydrogen (secondary N) is 2. The highest BCUT2D eigenvalue weighted by Crippen LogP contribution is 2.28. The van der Waals surface area contributed by atoms with Crippen LogP contribution in [-0.2, 0) is 0 Å². The van der Waals surface area contributed by atoms with Gasteiger partial charge < -0.3 is 10.1 Å². The number of carbonyl (C=O) groups is 1. The first-order chi connectivity index (χ1) is 12.7. The highest BCUT2D eigenvalue weighted by molar-refractivity contribution is 7.80. The number of hydrogen-bond acceptors (Lipinski definition) is 3. The maximum atomic E-state index is 12.2. The van der Waals surface area contributed by atoms with Gasteiger partial charge in [-0.3, -0.25) is 10.1 Å². The van der Waals surface area contributed by atoms with E-state index in [0.29, 0.717) is 11.3 Å². The molecule has 26 heavy (non-hydrogen) atoms. The molecule has 0 spiro atoms. The van der Waals surface area contributed by atoms with Crippen LogP contribution in [0.25, 0.3) is 11.1 Å². The van der Waals surface area contributed by atoms with Gasteiger partial charge in [-0.1, -0.05) is 48.5 Å². The van der Waals surface area contributed by atoms with Crippen molar-refractivity contribution in [2.75, 3.05) is 12.4 Å². The molecular weight excluding hydrogens is 344 g/mol. The van der Waals surface area contributed by atoms with E-state index in [-0.39, 0.29) is 11.0 Å². The van der Waals surface area contributed by atoms with Gasteiger partial charge in [0.15, 0.2) is 5.11 Å². The van der Waals surface area contributed by atoms with E-state index in [9.17, 15) is 4.79 Å². The molecule has 0 saturated carbocycles. The van der Waals surface area contributed by atoms with Crippen molar-refractivity contribution < 1.29 is 9.53 Å². The average molecular weight is 362 g/mol. The van der Waals surface area contributed by atoms with Crippen molar-refractivity contribution in [1.29, 1.82) is 0 Å². The molecule has 3 rings (SSSR count). The molecule has 0 aliphatic rings. The molecule has 2 N–H and O–H groups in total. The zero-order chi connectivity index (χ0) is 18.4. The minimum Gasteiger partial charge on any atom is -0.497 e. The lowest BCUT2D eigenvalue weighted by Gasteiger charge is -2.13. The molecule has 5 heteroatoms. The molecule has 0 unspecified atom stereocenters. The number of ether oxygens (including phenoxy) is 1. The monoisotopic (exact) mass is 362 g/mol. The summed E-state index contributed by atoms with van der Waals surface area (Å²) in [6, 6.07) is 24.6. The average Bonchev–Trinajstić information content (AvgIpc) is 2.69. The molecule has 3 aromatic carbocycles. The van der Waals surface area contributed by atoms with Crippen molar-refractivity contribution in [3.8, 4) is 16.9 Å². The third kappa shape index (κ3) is 4.46. The van der Waals surface area contributed by atoms with E-state index < -0.39 is 0 Å². The Kier molecular flexibility index (Phi) is 5.61. The number of carbonyl (C=O) groups excluding carboxylic acids is 1. The van der Waals surface area contributed by atoms with Crippen molar-refractivity contribution in [3.63, 3.8) is 0 Å². The maximum absolute atomic E-state index is 12.2. The van der Waals surface area contributed by atoms with Gasteiger partial charge >= 0.3 is 0 Å². The molecule has 0 aliphatic heterocycles. The Labute approximate surface area is 157 Å². The van der Waals surface area contributed by atoms with Crippen molar-refractivity contribution in [2.45, 2.75) is 0 Å². The number of benzene rings is 3. The van der Waals surface area contributed by atoms with Crippen LogP contribution in [0.3, 0.4) is 0 Å². The van der Waals surface area contributed by atoms with Crippen LogP contribution >= 0.6 is 12.2 Å². The van der Waals surface area contributed by atoms with Crippen LogP contribution < -0.4 is 15.4 Å². The summed E-state index contributed by atoms with van der Waals surface area (Å²) in [6.07, 6.45) is 0. The lowest BCUT2D eigenvalue weighted by molar-refractivity contribution is 0.0977. The van der Waals surface area contributed by atoms with Crippen molar-refractivity contribution in [1.82, 2.24) is 5.32 Å². The van der Waals surface area contributed by atoms with E-state index in [1.165, 1.54) is 0 Å². The van der Waals surface area contributed by atoms with Crippen LogP contribution in [-0.4, -0.2) is 18.1 Å². The summed E-state index contributed by atoms with van der Waals surface area (Å²) < 4.78 is 5.38. The molecule has 0 saturated heterocycles. The number of rotatable bonds is 4. The van der Waals surface area contributed by atoms with Crippen LogP contribution in [0.1, 0.15) is 10.4 Å². The maximum Gasteiger partial charge on any atom is 0.257 e. The SMILES string of the molecule is COc1cc(NC(=S)NC(=O)c2ccccc2)cc(-c2ccccc2)c1. The van der Waals surface area contributed by atoms with E-state index in [2.05, 4.69) is 10.6 Å². The fourth-order valence-corrected chi connectivity index (χ4v) is 2.72. The van der Waals surface area contributed by atoms with E-state index in [4.69, 9.17) is 17.0 Å². The molecule has 0 atom stereocenters. The highest BCUT2D eigenvalue weighted by atomic mass is 32.1. The smallest absolute Gasteiger partial charge is 0.257 e. The molecule has 0 fully saturated rings. The molecule has 3 aromatic rings. The van der Waals surface area contributed by atoms with Gasteiger partial charge in [0, 0.05) is 17.3 Å². The van der Waals surface area contributed by atoms with Crippen molar-refractivity contribution in [3.05, 3.63) is 84.4 Å². The van der Waals surface area contributed by atoms with Gasteiger partial charge in [-0.15, -0.1) is 0 Å². The number of amides is 1. The van der Waals surface area contributed by atoms with Crippen molar-refractivity contribution >= 4 is 28.9 Å². The Morgan fingerprint density at radius 1 is 0.885 bits per heavy atom. The van der Waals surface area contributed by atoms with Gasteiger partial charge in [0.2, 0.25) is 0 Å². The number of anilines is 1. The van der Waals surface area contributed by atoms with Crippen molar-refractivity contribution in [2.24, 2.45) is 0 Å². The van der Waals surface area contributed by atoms with E-state index in [1.807, 2.05) is 54.6 Å². The second-order valence-corrected chi connectivity index (χ2v) is 6.00. The molecule has 4 nitrogen and oxygen atoms in total. The van der Waals surface area contributed by atoms with Crippen LogP contribution in [0.5, 0.6) is 5.75 Å². The molecule has 0 radical (unpaired) electrons. The number of methoxy groups -OCH3 is 1. The first-order valence-electron chi connectivity index (χ1n) is 8.07. The summed E-state index contributed by atoms with van der Waals surface area (Å²) in [5, 5.41) is 5.96. The third-order valence-corrected chi connectivity index (χ3v) is 3.97. The molecule has 0 aromatic heterocycles. The van der Waals surface area contributed by atoms with Gasteiger partial charge in [-0.05, 0) is 47.6 Å². The van der Waals surface area contributed by atoms with Gasteiger partial charge in [0.25, 0.3) is 5.91 Å². The van der Waals surface area contributed by atoms with Crippen LogP contribution in [0.4, 0.5) is 5.69 Å². The van der Waals surface area contributed by atoms with Crippen LogP contribution in [0, 0.1) is 0 Å². The third-order valence-electron chi connectivity index (χ3n) is 3.77. The van der Waals surface area contributed by atoms with E-state index in [0.717, 1.165) is 16.8 Å². The standard InChI is InChI=1S/C21H18N2O2S/c1-25-19-13-17(15-8-4-2-5-9-15)12-18(14-19)22-21(26)23-20(24)16-10-6-3-7-11-16/h2-14H,1H3,(H2,22,23,24,26). The first-order valence-corrected chi connectivity index (χ1v) is 8.48. The first kappa shape index (κ1) is 17.6. The lowest BCUT2D eigenvalue weighted by Crippen LogP contribution is -2.34. The van der Waals surface area contributed by atoms with E-state index >= 15 is 0 Å². The lowest BCUT2D eigenvalue weighted by atomic mass is 10.0. The van der Waals surface area contributed by atoms with Gasteiger partial charge in [-0.25, -0.2) is 0 Å². The second kappa shape index (κ2) is 8.27. The Bertz CT molecular complexity index is 912. The summed E-state index contributed by atoms with van der Waals surface area (Å²) in [6.45, 7) is 0. The Hall–Kier alpha value is -3.18. The predicted molar refractivity (Wildman–Crippen MR) is 109 cm³/mol. The molecule has 0 aliphatic carbocycles. The molecule has 130 valence electrons. The van der Waals surface area contributed by atoms with Gasteiger partial charge in [0.1, 0.15) is 5.75 Å². The predicted octanol–water partition coefficient (Wildman–Crippen LogP) is 4.49. The Balaban J connectivity index is 1.76. The minimum atomic E-state index is -0.255. The zero-order valence-corrected chi connectivity index (χ0v) is 15.0. The minimum absolute atomic E-state index is 0.228. The van der Waals surface area contributed by atoms with Crippen LogP contribution in [0.15, 0.2) is 78.9 Å². The molecule has 0 heterocycles. The quantitative estimate of drug-likeness (QED) is 0.672. The normalized spacial score (nSPS) is 10.0. The fourth-order valence-electron chi connectivity index (χ4n) is 2.51. The second-order valence-electron chi connectivity index (χ2n) is 5.59. The summed E-state index contributed by atoms with van der Waals surface area (Å²) >= 11 is 5.27. The molecule has 0 bridgehead atoms. The van der Waals surface area contributed by atoms with E-state index in [1.54, 1.807) is 31.4 Å². The Morgan fingerprint density at radius 2 is 1.54 bits per heavy atom. The highest BCUT2D eigenvalue weighted by Gasteiger charge is 2.09. The zero-order valence-electron chi connectivity index (χ0n) is 14.2. The van der Waals surface area contributed by atoms with Crippen LogP contribution in [0.2, 0.25) is 0 Å². The van der Waals surface area contributed by atoms with Gasteiger partial charge in [0.05, 0.1) is 7.11 Å². The summed E-state index contributed by atoms with van der Waals surface area (Å²) in [7, 11) is 1.61. The summed E-state index contributed by atoms with van der Waals surface area (Å²) in [5.74, 6) is 0.445.